The van der Waals surface area contributed by atoms with Gasteiger partial charge in [-0.05, 0) is 25.5 Å². The second kappa shape index (κ2) is 6.88. The minimum Gasteiger partial charge on any atom is -0.441 e. The quantitative estimate of drug-likeness (QED) is 0.813. The van der Waals surface area contributed by atoms with Gasteiger partial charge in [0.2, 0.25) is 0 Å². The Morgan fingerprint density at radius 3 is 2.40 bits per heavy atom. The molecular weight excluding hydrogens is 256 g/mol. The van der Waals surface area contributed by atoms with Gasteiger partial charge in [0.05, 0.1) is 19.6 Å². The molecule has 0 saturated heterocycles. The van der Waals surface area contributed by atoms with Gasteiger partial charge in [-0.2, -0.15) is 0 Å². The van der Waals surface area contributed by atoms with Crippen LogP contribution in [0, 0.1) is 0 Å². The first-order valence-electron chi connectivity index (χ1n) is 7.06. The van der Waals surface area contributed by atoms with Crippen molar-refractivity contribution < 1.29 is 19.3 Å². The fraction of sp³-hybridized carbons (Fsp3) is 0.500. The lowest BCUT2D eigenvalue weighted by molar-refractivity contribution is -0.373. The van der Waals surface area contributed by atoms with Crippen LogP contribution in [0.4, 0.5) is 0 Å². The average Bonchev–Trinajstić information content (AvgIpc) is 2.48. The molecule has 20 heavy (non-hydrogen) atoms. The number of aliphatic hydroxyl groups is 1. The summed E-state index contributed by atoms with van der Waals surface area (Å²) >= 11 is 0. The molecule has 1 heterocycles. The van der Waals surface area contributed by atoms with Gasteiger partial charge in [-0.1, -0.05) is 30.3 Å². The van der Waals surface area contributed by atoms with Crippen LogP contribution in [-0.4, -0.2) is 30.9 Å². The molecule has 1 aliphatic rings. The summed E-state index contributed by atoms with van der Waals surface area (Å²) in [6.45, 7) is 4.61. The number of benzene rings is 1. The predicted octanol–water partition coefficient (Wildman–Crippen LogP) is 2.79. The van der Waals surface area contributed by atoms with E-state index in [9.17, 15) is 5.11 Å². The molecule has 4 nitrogen and oxygen atoms in total. The Morgan fingerprint density at radius 2 is 1.85 bits per heavy atom. The summed E-state index contributed by atoms with van der Waals surface area (Å²) in [6, 6.07) is 10.1. The molecule has 0 aromatic heterocycles. The third kappa shape index (κ3) is 3.39. The van der Waals surface area contributed by atoms with Crippen LogP contribution in [-0.2, 0) is 14.2 Å². The average molecular weight is 278 g/mol. The maximum Gasteiger partial charge on any atom is 0.327 e. The van der Waals surface area contributed by atoms with E-state index in [2.05, 4.69) is 12.1 Å². The second-order valence-electron chi connectivity index (χ2n) is 4.66. The van der Waals surface area contributed by atoms with E-state index in [-0.39, 0.29) is 12.5 Å². The van der Waals surface area contributed by atoms with Gasteiger partial charge in [0, 0.05) is 5.92 Å². The van der Waals surface area contributed by atoms with E-state index in [0.29, 0.717) is 25.4 Å². The maximum atomic E-state index is 9.42. The van der Waals surface area contributed by atoms with Gasteiger partial charge in [0.1, 0.15) is 12.4 Å². The van der Waals surface area contributed by atoms with Crippen LogP contribution in [0.2, 0.25) is 0 Å². The van der Waals surface area contributed by atoms with Crippen LogP contribution in [0.25, 0.3) is 0 Å². The van der Waals surface area contributed by atoms with Crippen molar-refractivity contribution in [1.82, 2.24) is 0 Å². The van der Waals surface area contributed by atoms with Crippen molar-refractivity contribution >= 4 is 0 Å². The van der Waals surface area contributed by atoms with Crippen LogP contribution >= 0.6 is 0 Å². The molecule has 0 amide bonds. The van der Waals surface area contributed by atoms with Gasteiger partial charge in [0.25, 0.3) is 0 Å². The first-order valence-corrected chi connectivity index (χ1v) is 7.06. The first kappa shape index (κ1) is 15.0. The third-order valence-corrected chi connectivity index (χ3v) is 3.26. The Hall–Kier alpha value is -1.36. The summed E-state index contributed by atoms with van der Waals surface area (Å²) < 4.78 is 17.1. The monoisotopic (exact) mass is 278 g/mol. The molecule has 1 N–H and O–H groups in total. The Balaban J connectivity index is 2.29. The Labute approximate surface area is 120 Å². The number of aliphatic hydroxyl groups excluding tert-OH is 1. The summed E-state index contributed by atoms with van der Waals surface area (Å²) in [5, 5.41) is 9.42. The van der Waals surface area contributed by atoms with Crippen molar-refractivity contribution in [2.24, 2.45) is 0 Å². The predicted molar refractivity (Wildman–Crippen MR) is 76.0 cm³/mol. The third-order valence-electron chi connectivity index (χ3n) is 3.26. The van der Waals surface area contributed by atoms with Crippen LogP contribution in [0.5, 0.6) is 0 Å². The van der Waals surface area contributed by atoms with Gasteiger partial charge in [-0.3, -0.25) is 0 Å². The van der Waals surface area contributed by atoms with Crippen molar-refractivity contribution in [3.8, 4) is 0 Å². The van der Waals surface area contributed by atoms with E-state index >= 15 is 0 Å². The molecule has 0 fully saturated rings. The highest BCUT2D eigenvalue weighted by atomic mass is 16.9. The zero-order chi connectivity index (χ0) is 14.4. The van der Waals surface area contributed by atoms with E-state index in [0.717, 1.165) is 5.56 Å². The van der Waals surface area contributed by atoms with Crippen molar-refractivity contribution in [1.29, 1.82) is 0 Å². The summed E-state index contributed by atoms with van der Waals surface area (Å²) in [6.07, 6.45) is 2.51. The number of hydrogen-bond donors (Lipinski definition) is 1. The Bertz CT molecular complexity index is 435. The SMILES string of the molecule is CCOC1(OCC)C[C@@H](c2ccccc2)C=C(CO)O1. The minimum absolute atomic E-state index is 0.102. The molecule has 1 aliphatic heterocycles. The Kier molecular flexibility index (Phi) is 5.17. The Morgan fingerprint density at radius 1 is 1.20 bits per heavy atom. The van der Waals surface area contributed by atoms with Gasteiger partial charge >= 0.3 is 5.97 Å². The van der Waals surface area contributed by atoms with Gasteiger partial charge in [-0.15, -0.1) is 0 Å². The lowest BCUT2D eigenvalue weighted by atomic mass is 9.92. The molecule has 4 heteroatoms. The molecule has 0 saturated carbocycles. The molecule has 1 aromatic rings. The van der Waals surface area contributed by atoms with Gasteiger partial charge in [0.15, 0.2) is 0 Å². The molecule has 2 rings (SSSR count). The van der Waals surface area contributed by atoms with Crippen molar-refractivity contribution in [2.75, 3.05) is 19.8 Å². The van der Waals surface area contributed by atoms with Crippen LogP contribution in [0.3, 0.4) is 0 Å². The molecule has 0 unspecified atom stereocenters. The van der Waals surface area contributed by atoms with E-state index in [4.69, 9.17) is 14.2 Å². The number of rotatable bonds is 6. The topological polar surface area (TPSA) is 47.9 Å². The summed E-state index contributed by atoms with van der Waals surface area (Å²) in [7, 11) is 0. The van der Waals surface area contributed by atoms with E-state index in [1.807, 2.05) is 38.1 Å². The second-order valence-corrected chi connectivity index (χ2v) is 4.66. The smallest absolute Gasteiger partial charge is 0.327 e. The molecule has 1 atom stereocenters. The van der Waals surface area contributed by atoms with Crippen molar-refractivity contribution in [2.45, 2.75) is 32.2 Å². The highest BCUT2D eigenvalue weighted by molar-refractivity contribution is 5.26. The zero-order valence-electron chi connectivity index (χ0n) is 12.0. The number of allylic oxidation sites excluding steroid dienone is 1. The highest BCUT2D eigenvalue weighted by Crippen LogP contribution is 2.38. The van der Waals surface area contributed by atoms with Crippen LogP contribution in [0.15, 0.2) is 42.2 Å². The number of ether oxygens (including phenoxy) is 3. The first-order chi connectivity index (χ1) is 9.73. The molecule has 110 valence electrons. The standard InChI is InChI=1S/C16H22O4/c1-3-18-16(19-4-2)11-14(10-15(12-17)20-16)13-8-6-5-7-9-13/h5-10,14,17H,3-4,11-12H2,1-2H3/t14-/m0/s1. The van der Waals surface area contributed by atoms with E-state index < -0.39 is 5.97 Å². The molecule has 1 aromatic carbocycles. The van der Waals surface area contributed by atoms with Crippen molar-refractivity contribution in [3.05, 3.63) is 47.7 Å². The molecule has 0 bridgehead atoms. The lowest BCUT2D eigenvalue weighted by Gasteiger charge is -2.39. The van der Waals surface area contributed by atoms with Crippen molar-refractivity contribution in [3.63, 3.8) is 0 Å². The number of hydrogen-bond acceptors (Lipinski definition) is 4. The summed E-state index contributed by atoms with van der Waals surface area (Å²) in [4.78, 5) is 0. The maximum absolute atomic E-state index is 9.42. The van der Waals surface area contributed by atoms with Gasteiger partial charge in [-0.25, -0.2) is 0 Å². The molecule has 0 radical (unpaired) electrons. The highest BCUT2D eigenvalue weighted by Gasteiger charge is 2.41. The molecular formula is C16H22O4. The summed E-state index contributed by atoms with van der Waals surface area (Å²) in [5.74, 6) is -0.506. The largest absolute Gasteiger partial charge is 0.441 e. The van der Waals surface area contributed by atoms with Crippen LogP contribution in [0.1, 0.15) is 31.7 Å². The fourth-order valence-corrected chi connectivity index (χ4v) is 2.49. The van der Waals surface area contributed by atoms with Crippen LogP contribution < -0.4 is 0 Å². The normalized spacial score (nSPS) is 21.1. The van der Waals surface area contributed by atoms with E-state index in [1.165, 1.54) is 0 Å². The lowest BCUT2D eigenvalue weighted by Crippen LogP contribution is -2.43. The molecule has 0 spiro atoms. The molecule has 0 aliphatic carbocycles. The summed E-state index contributed by atoms with van der Waals surface area (Å²) in [5.41, 5.74) is 1.16. The van der Waals surface area contributed by atoms with Gasteiger partial charge < -0.3 is 19.3 Å². The van der Waals surface area contributed by atoms with E-state index in [1.54, 1.807) is 0 Å². The fourth-order valence-electron chi connectivity index (χ4n) is 2.49. The zero-order valence-corrected chi connectivity index (χ0v) is 12.0. The minimum atomic E-state index is -1.10.